The summed E-state index contributed by atoms with van der Waals surface area (Å²) in [5.74, 6) is 0. The van der Waals surface area contributed by atoms with Crippen molar-refractivity contribution in [3.63, 3.8) is 0 Å². The molecule has 3 nitrogen and oxygen atoms in total. The molecule has 0 amide bonds. The molecule has 1 aromatic heterocycles. The largest absolute Gasteiger partial charge is 0.384 e. The highest BCUT2D eigenvalue weighted by Crippen LogP contribution is 2.12. The third-order valence-electron chi connectivity index (χ3n) is 2.82. The van der Waals surface area contributed by atoms with Gasteiger partial charge in [-0.3, -0.25) is 9.88 Å². The molecular weight excluding hydrogens is 258 g/mol. The number of rotatable bonds is 6. The van der Waals surface area contributed by atoms with E-state index in [1.165, 1.54) is 0 Å². The average molecular weight is 276 g/mol. The number of aromatic nitrogens is 1. The van der Waals surface area contributed by atoms with Gasteiger partial charge in [-0.15, -0.1) is 0 Å². The maximum absolute atomic E-state index is 5.84. The lowest BCUT2D eigenvalue weighted by Gasteiger charge is -2.16. The number of likely N-dealkylation sites (N-methyl/N-ethyl adjacent to an activating group) is 1. The molecular formula is C15H18ClN3. The molecule has 19 heavy (non-hydrogen) atoms. The Hall–Kier alpha value is -1.58. The Bertz CT molecular complexity index is 485. The molecule has 1 aromatic carbocycles. The van der Waals surface area contributed by atoms with Gasteiger partial charge in [-0.25, -0.2) is 0 Å². The first-order valence-corrected chi connectivity index (χ1v) is 6.70. The first kappa shape index (κ1) is 13.8. The van der Waals surface area contributed by atoms with Crippen LogP contribution in [0.25, 0.3) is 0 Å². The summed E-state index contributed by atoms with van der Waals surface area (Å²) >= 11 is 5.84. The number of nitrogens with zero attached hydrogens (tertiary/aromatic N) is 2. The van der Waals surface area contributed by atoms with E-state index in [1.807, 2.05) is 48.7 Å². The highest BCUT2D eigenvalue weighted by Gasteiger charge is 2.00. The highest BCUT2D eigenvalue weighted by atomic mass is 35.5. The van der Waals surface area contributed by atoms with Gasteiger partial charge in [0.2, 0.25) is 0 Å². The molecule has 0 aliphatic carbocycles. The van der Waals surface area contributed by atoms with Gasteiger partial charge in [-0.1, -0.05) is 17.7 Å². The van der Waals surface area contributed by atoms with Crippen LogP contribution in [-0.4, -0.2) is 30.0 Å². The molecule has 0 radical (unpaired) electrons. The Morgan fingerprint density at radius 2 is 1.95 bits per heavy atom. The molecule has 2 rings (SSSR count). The summed E-state index contributed by atoms with van der Waals surface area (Å²) in [6.07, 6.45) is 1.83. The summed E-state index contributed by atoms with van der Waals surface area (Å²) in [5.41, 5.74) is 2.19. The van der Waals surface area contributed by atoms with E-state index >= 15 is 0 Å². The Kier molecular flexibility index (Phi) is 5.19. The zero-order valence-corrected chi connectivity index (χ0v) is 11.8. The van der Waals surface area contributed by atoms with Gasteiger partial charge in [0.25, 0.3) is 0 Å². The van der Waals surface area contributed by atoms with E-state index in [9.17, 15) is 0 Å². The molecule has 0 atom stereocenters. The van der Waals surface area contributed by atoms with Crippen molar-refractivity contribution in [1.29, 1.82) is 0 Å². The SMILES string of the molecule is CN(CCNc1ccc(Cl)cc1)Cc1ccccn1. The first-order valence-electron chi connectivity index (χ1n) is 6.32. The summed E-state index contributed by atoms with van der Waals surface area (Å²) in [5, 5.41) is 4.13. The number of benzene rings is 1. The van der Waals surface area contributed by atoms with Crippen LogP contribution in [0.5, 0.6) is 0 Å². The van der Waals surface area contributed by atoms with Crippen LogP contribution in [0.2, 0.25) is 5.02 Å². The number of hydrogen-bond donors (Lipinski definition) is 1. The second kappa shape index (κ2) is 7.12. The number of anilines is 1. The van der Waals surface area contributed by atoms with E-state index < -0.39 is 0 Å². The van der Waals surface area contributed by atoms with Gasteiger partial charge >= 0.3 is 0 Å². The van der Waals surface area contributed by atoms with Crippen LogP contribution in [0.4, 0.5) is 5.69 Å². The topological polar surface area (TPSA) is 28.2 Å². The predicted octanol–water partition coefficient (Wildman–Crippen LogP) is 3.28. The highest BCUT2D eigenvalue weighted by molar-refractivity contribution is 6.30. The number of nitrogens with one attached hydrogen (secondary N) is 1. The molecule has 0 unspecified atom stereocenters. The van der Waals surface area contributed by atoms with E-state index in [2.05, 4.69) is 22.2 Å². The van der Waals surface area contributed by atoms with Gasteiger partial charge in [0.1, 0.15) is 0 Å². The van der Waals surface area contributed by atoms with Gasteiger partial charge in [0.15, 0.2) is 0 Å². The van der Waals surface area contributed by atoms with Gasteiger partial charge < -0.3 is 5.32 Å². The zero-order valence-electron chi connectivity index (χ0n) is 11.0. The van der Waals surface area contributed by atoms with Crippen LogP contribution in [-0.2, 0) is 6.54 Å². The first-order chi connectivity index (χ1) is 9.24. The second-order valence-electron chi connectivity index (χ2n) is 4.49. The third-order valence-corrected chi connectivity index (χ3v) is 3.08. The average Bonchev–Trinajstić information content (AvgIpc) is 2.42. The normalized spacial score (nSPS) is 10.7. The van der Waals surface area contributed by atoms with Gasteiger partial charge in [0, 0.05) is 36.5 Å². The summed E-state index contributed by atoms with van der Waals surface area (Å²) in [6.45, 7) is 2.72. The van der Waals surface area contributed by atoms with Crippen LogP contribution in [0.3, 0.4) is 0 Å². The van der Waals surface area contributed by atoms with Crippen LogP contribution in [0.15, 0.2) is 48.7 Å². The van der Waals surface area contributed by atoms with Crippen LogP contribution < -0.4 is 5.32 Å². The quantitative estimate of drug-likeness (QED) is 0.877. The summed E-state index contributed by atoms with van der Waals surface area (Å²) in [4.78, 5) is 6.56. The molecule has 4 heteroatoms. The molecule has 0 aliphatic rings. The van der Waals surface area contributed by atoms with Crippen molar-refractivity contribution < 1.29 is 0 Å². The summed E-state index contributed by atoms with van der Waals surface area (Å²) in [7, 11) is 2.10. The molecule has 0 saturated carbocycles. The van der Waals surface area contributed by atoms with Crippen LogP contribution in [0.1, 0.15) is 5.69 Å². The fourth-order valence-electron chi connectivity index (χ4n) is 1.81. The van der Waals surface area contributed by atoms with Crippen molar-refractivity contribution in [3.8, 4) is 0 Å². The van der Waals surface area contributed by atoms with Crippen molar-refractivity contribution in [1.82, 2.24) is 9.88 Å². The molecule has 0 spiro atoms. The van der Waals surface area contributed by atoms with E-state index in [1.54, 1.807) is 0 Å². The Morgan fingerprint density at radius 3 is 2.63 bits per heavy atom. The molecule has 100 valence electrons. The molecule has 0 bridgehead atoms. The molecule has 0 fully saturated rings. The van der Waals surface area contributed by atoms with E-state index in [4.69, 9.17) is 11.6 Å². The number of hydrogen-bond acceptors (Lipinski definition) is 3. The monoisotopic (exact) mass is 275 g/mol. The van der Waals surface area contributed by atoms with Crippen LogP contribution >= 0.6 is 11.6 Å². The van der Waals surface area contributed by atoms with Crippen molar-refractivity contribution in [3.05, 3.63) is 59.4 Å². The van der Waals surface area contributed by atoms with Crippen molar-refractivity contribution >= 4 is 17.3 Å². The molecule has 1 N–H and O–H groups in total. The minimum atomic E-state index is 0.762. The van der Waals surface area contributed by atoms with Crippen molar-refractivity contribution in [2.24, 2.45) is 0 Å². The fraction of sp³-hybridized carbons (Fsp3) is 0.267. The molecule has 0 aliphatic heterocycles. The Morgan fingerprint density at radius 1 is 1.16 bits per heavy atom. The standard InChI is InChI=1S/C15H18ClN3/c1-19(12-15-4-2-3-9-17-15)11-10-18-14-7-5-13(16)6-8-14/h2-9,18H,10-12H2,1H3. The zero-order chi connectivity index (χ0) is 13.5. The lowest BCUT2D eigenvalue weighted by Crippen LogP contribution is -2.25. The second-order valence-corrected chi connectivity index (χ2v) is 4.93. The Labute approximate surface area is 119 Å². The van der Waals surface area contributed by atoms with Gasteiger partial charge in [-0.05, 0) is 43.4 Å². The van der Waals surface area contributed by atoms with Crippen molar-refractivity contribution in [2.45, 2.75) is 6.54 Å². The van der Waals surface area contributed by atoms with Crippen molar-refractivity contribution in [2.75, 3.05) is 25.5 Å². The Balaban J connectivity index is 1.72. The lowest BCUT2D eigenvalue weighted by atomic mass is 10.3. The van der Waals surface area contributed by atoms with Gasteiger partial charge in [0.05, 0.1) is 5.69 Å². The predicted molar refractivity (Wildman–Crippen MR) is 80.5 cm³/mol. The van der Waals surface area contributed by atoms with E-state index in [0.29, 0.717) is 0 Å². The molecule has 2 aromatic rings. The maximum Gasteiger partial charge on any atom is 0.0543 e. The number of halogens is 1. The summed E-state index contributed by atoms with van der Waals surface area (Å²) < 4.78 is 0. The molecule has 1 heterocycles. The third kappa shape index (κ3) is 4.89. The lowest BCUT2D eigenvalue weighted by molar-refractivity contribution is 0.336. The van der Waals surface area contributed by atoms with E-state index in [-0.39, 0.29) is 0 Å². The fourth-order valence-corrected chi connectivity index (χ4v) is 1.93. The minimum Gasteiger partial charge on any atom is -0.384 e. The smallest absolute Gasteiger partial charge is 0.0543 e. The van der Waals surface area contributed by atoms with Crippen LogP contribution in [0, 0.1) is 0 Å². The van der Waals surface area contributed by atoms with E-state index in [0.717, 1.165) is 36.0 Å². The number of pyridine rings is 1. The maximum atomic E-state index is 5.84. The molecule has 0 saturated heterocycles. The minimum absolute atomic E-state index is 0.762. The van der Waals surface area contributed by atoms with Gasteiger partial charge in [-0.2, -0.15) is 0 Å². The summed E-state index contributed by atoms with van der Waals surface area (Å²) in [6, 6.07) is 13.8.